The van der Waals surface area contributed by atoms with Crippen LogP contribution < -0.4 is 10.6 Å². The molecule has 17 heavy (non-hydrogen) atoms. The van der Waals surface area contributed by atoms with Crippen molar-refractivity contribution < 1.29 is 0 Å². The molecule has 0 saturated heterocycles. The Balaban J connectivity index is 2.62. The zero-order valence-electron chi connectivity index (χ0n) is 10.5. The maximum absolute atomic E-state index is 11.8. The summed E-state index contributed by atoms with van der Waals surface area (Å²) >= 11 is 1.30. The molecule has 4 heteroatoms. The minimum atomic E-state index is 0.0801. The first-order chi connectivity index (χ1) is 7.93. The quantitative estimate of drug-likeness (QED) is 0.889. The summed E-state index contributed by atoms with van der Waals surface area (Å²) in [7, 11) is 0. The molecule has 0 aliphatic heterocycles. The maximum Gasteiger partial charge on any atom is 0.308 e. The number of fused-ring (bicyclic) bond motifs is 1. The molecule has 0 fully saturated rings. The van der Waals surface area contributed by atoms with Crippen molar-refractivity contribution in [1.82, 2.24) is 4.57 Å². The van der Waals surface area contributed by atoms with Gasteiger partial charge in [-0.1, -0.05) is 38.2 Å². The van der Waals surface area contributed by atoms with Crippen LogP contribution in [0.5, 0.6) is 0 Å². The Morgan fingerprint density at radius 2 is 2.06 bits per heavy atom. The number of nitrogens with two attached hydrogens (primary N) is 1. The number of rotatable bonds is 2. The van der Waals surface area contributed by atoms with Gasteiger partial charge >= 0.3 is 4.87 Å². The molecule has 2 aromatic rings. The Morgan fingerprint density at radius 1 is 1.35 bits per heavy atom. The third-order valence-electron chi connectivity index (χ3n) is 2.89. The number of hydrogen-bond donors (Lipinski definition) is 1. The van der Waals surface area contributed by atoms with Crippen LogP contribution in [-0.2, 0) is 12.0 Å². The summed E-state index contributed by atoms with van der Waals surface area (Å²) in [6.07, 6.45) is 0. The molecule has 1 aromatic carbocycles. The van der Waals surface area contributed by atoms with Gasteiger partial charge in [0.2, 0.25) is 0 Å². The fraction of sp³-hybridized carbons (Fsp3) is 0.462. The van der Waals surface area contributed by atoms with Crippen molar-refractivity contribution in [3.63, 3.8) is 0 Å². The summed E-state index contributed by atoms with van der Waals surface area (Å²) in [5.41, 5.74) is 7.89. The van der Waals surface area contributed by atoms with E-state index in [2.05, 4.69) is 32.9 Å². The van der Waals surface area contributed by atoms with Gasteiger partial charge in [-0.25, -0.2) is 0 Å². The lowest BCUT2D eigenvalue weighted by atomic mass is 9.87. The van der Waals surface area contributed by atoms with E-state index in [1.165, 1.54) is 16.9 Å². The number of benzene rings is 1. The predicted octanol–water partition coefficient (Wildman–Crippen LogP) is 2.32. The van der Waals surface area contributed by atoms with Gasteiger partial charge in [0.1, 0.15) is 0 Å². The van der Waals surface area contributed by atoms with E-state index >= 15 is 0 Å². The summed E-state index contributed by atoms with van der Waals surface area (Å²) in [6.45, 7) is 7.61. The van der Waals surface area contributed by atoms with E-state index in [0.717, 1.165) is 10.2 Å². The van der Waals surface area contributed by atoms with Crippen molar-refractivity contribution in [3.05, 3.63) is 33.4 Å². The lowest BCUT2D eigenvalue weighted by Gasteiger charge is -2.18. The van der Waals surface area contributed by atoms with Gasteiger partial charge in [-0.3, -0.25) is 9.36 Å². The highest BCUT2D eigenvalue weighted by Crippen LogP contribution is 2.27. The molecule has 1 aromatic heterocycles. The van der Waals surface area contributed by atoms with Gasteiger partial charge in [0.05, 0.1) is 10.2 Å². The van der Waals surface area contributed by atoms with E-state index < -0.39 is 0 Å². The molecule has 3 nitrogen and oxygen atoms in total. The van der Waals surface area contributed by atoms with E-state index in [1.54, 1.807) is 4.57 Å². The van der Waals surface area contributed by atoms with E-state index in [-0.39, 0.29) is 10.3 Å². The van der Waals surface area contributed by atoms with Crippen molar-refractivity contribution in [2.45, 2.75) is 32.7 Å². The zero-order valence-corrected chi connectivity index (χ0v) is 11.3. The topological polar surface area (TPSA) is 48.0 Å². The zero-order chi connectivity index (χ0) is 12.6. The second-order valence-electron chi connectivity index (χ2n) is 5.24. The summed E-state index contributed by atoms with van der Waals surface area (Å²) < 4.78 is 2.81. The number of hydrogen-bond acceptors (Lipinski definition) is 3. The highest BCUT2D eigenvalue weighted by atomic mass is 32.1. The van der Waals surface area contributed by atoms with Crippen LogP contribution in [0.15, 0.2) is 23.0 Å². The first-order valence-corrected chi connectivity index (χ1v) is 6.59. The molecule has 0 aliphatic rings. The summed E-state index contributed by atoms with van der Waals surface area (Å²) in [5.74, 6) is 0. The van der Waals surface area contributed by atoms with E-state index in [1.807, 2.05) is 6.07 Å². The van der Waals surface area contributed by atoms with E-state index in [0.29, 0.717) is 13.1 Å². The molecule has 0 aliphatic carbocycles. The van der Waals surface area contributed by atoms with Crippen molar-refractivity contribution >= 4 is 21.6 Å². The van der Waals surface area contributed by atoms with Gasteiger partial charge in [-0.05, 0) is 23.1 Å². The Bertz CT molecular complexity index is 589. The highest BCUT2D eigenvalue weighted by Gasteiger charge is 2.15. The fourth-order valence-corrected chi connectivity index (χ4v) is 2.83. The number of nitrogens with zero attached hydrogens (tertiary/aromatic N) is 1. The smallest absolute Gasteiger partial charge is 0.308 e. The van der Waals surface area contributed by atoms with Crippen molar-refractivity contribution in [2.24, 2.45) is 5.73 Å². The second-order valence-corrected chi connectivity index (χ2v) is 6.23. The van der Waals surface area contributed by atoms with Gasteiger partial charge < -0.3 is 5.73 Å². The Labute approximate surface area is 105 Å². The average Bonchev–Trinajstić information content (AvgIpc) is 2.54. The molecular weight excluding hydrogens is 232 g/mol. The number of aromatic nitrogens is 1. The van der Waals surface area contributed by atoms with Crippen LogP contribution >= 0.6 is 11.3 Å². The molecule has 0 amide bonds. The van der Waals surface area contributed by atoms with Crippen molar-refractivity contribution in [2.75, 3.05) is 6.54 Å². The summed E-state index contributed by atoms with van der Waals surface area (Å²) in [5, 5.41) is 0. The van der Waals surface area contributed by atoms with Crippen molar-refractivity contribution in [3.8, 4) is 0 Å². The Morgan fingerprint density at radius 3 is 2.65 bits per heavy atom. The van der Waals surface area contributed by atoms with Crippen LogP contribution in [-0.4, -0.2) is 11.1 Å². The second kappa shape index (κ2) is 4.27. The van der Waals surface area contributed by atoms with Crippen LogP contribution in [0.3, 0.4) is 0 Å². The van der Waals surface area contributed by atoms with Gasteiger partial charge in [0.25, 0.3) is 0 Å². The van der Waals surface area contributed by atoms with Gasteiger partial charge in [0, 0.05) is 13.1 Å². The lowest BCUT2D eigenvalue weighted by Crippen LogP contribution is -2.18. The summed E-state index contributed by atoms with van der Waals surface area (Å²) in [4.78, 5) is 11.9. The minimum absolute atomic E-state index is 0.0801. The monoisotopic (exact) mass is 250 g/mol. The van der Waals surface area contributed by atoms with Crippen LogP contribution in [0.2, 0.25) is 0 Å². The molecule has 0 radical (unpaired) electrons. The Kier molecular flexibility index (Phi) is 3.10. The molecule has 92 valence electrons. The molecule has 0 saturated carbocycles. The van der Waals surface area contributed by atoms with E-state index in [4.69, 9.17) is 5.73 Å². The molecule has 1 heterocycles. The number of thiazole rings is 1. The van der Waals surface area contributed by atoms with Gasteiger partial charge in [0.15, 0.2) is 0 Å². The summed E-state index contributed by atoms with van der Waals surface area (Å²) in [6, 6.07) is 6.25. The molecular formula is C13H18N2OS. The van der Waals surface area contributed by atoms with Crippen LogP contribution in [0.1, 0.15) is 26.3 Å². The lowest BCUT2D eigenvalue weighted by molar-refractivity contribution is 0.591. The average molecular weight is 250 g/mol. The molecule has 0 unspecified atom stereocenters. The normalized spacial score (nSPS) is 12.2. The third-order valence-corrected chi connectivity index (χ3v) is 3.83. The largest absolute Gasteiger partial charge is 0.329 e. The van der Waals surface area contributed by atoms with Crippen LogP contribution in [0.4, 0.5) is 0 Å². The standard InChI is InChI=1S/C13H18N2OS/c1-13(2,3)9-4-5-10-11(8-9)17-12(16)15(10)7-6-14/h4-5,8H,6-7,14H2,1-3H3. The van der Waals surface area contributed by atoms with E-state index in [9.17, 15) is 4.79 Å². The van der Waals surface area contributed by atoms with Crippen LogP contribution in [0.25, 0.3) is 10.2 Å². The van der Waals surface area contributed by atoms with Gasteiger partial charge in [-0.15, -0.1) is 0 Å². The predicted molar refractivity (Wildman–Crippen MR) is 73.8 cm³/mol. The van der Waals surface area contributed by atoms with Crippen molar-refractivity contribution in [1.29, 1.82) is 0 Å². The fourth-order valence-electron chi connectivity index (χ4n) is 1.87. The SMILES string of the molecule is CC(C)(C)c1ccc2c(c1)sc(=O)n2CCN. The molecule has 2 rings (SSSR count). The first kappa shape index (κ1) is 12.3. The first-order valence-electron chi connectivity index (χ1n) is 5.77. The molecule has 0 bridgehead atoms. The molecule has 0 spiro atoms. The van der Waals surface area contributed by atoms with Gasteiger partial charge in [-0.2, -0.15) is 0 Å². The third kappa shape index (κ3) is 2.28. The van der Waals surface area contributed by atoms with Crippen LogP contribution in [0, 0.1) is 0 Å². The Hall–Kier alpha value is -1.13. The molecule has 2 N–H and O–H groups in total. The maximum atomic E-state index is 11.8. The minimum Gasteiger partial charge on any atom is -0.329 e. The molecule has 0 atom stereocenters. The highest BCUT2D eigenvalue weighted by molar-refractivity contribution is 7.16.